The van der Waals surface area contributed by atoms with Crippen molar-refractivity contribution in [3.05, 3.63) is 42.2 Å². The Kier molecular flexibility index (Phi) is 5.41. The highest BCUT2D eigenvalue weighted by atomic mass is 16.5. The van der Waals surface area contributed by atoms with Crippen LogP contribution in [0.15, 0.2) is 36.7 Å². The van der Waals surface area contributed by atoms with Crippen molar-refractivity contribution in [3.8, 4) is 11.5 Å². The molecule has 0 spiro atoms. The first-order valence-corrected chi connectivity index (χ1v) is 7.17. The molecule has 6 heteroatoms. The van der Waals surface area contributed by atoms with Crippen LogP contribution >= 0.6 is 0 Å². The third-order valence-electron chi connectivity index (χ3n) is 3.30. The van der Waals surface area contributed by atoms with Gasteiger partial charge in [0.15, 0.2) is 18.1 Å². The van der Waals surface area contributed by atoms with Gasteiger partial charge in [0.25, 0.3) is 5.91 Å². The minimum atomic E-state index is -0.179. The number of aromatic nitrogens is 2. The average molecular weight is 303 g/mol. The summed E-state index contributed by atoms with van der Waals surface area (Å²) in [6.07, 6.45) is 4.44. The fourth-order valence-electron chi connectivity index (χ4n) is 2.16. The van der Waals surface area contributed by atoms with Crippen molar-refractivity contribution in [3.63, 3.8) is 0 Å². The van der Waals surface area contributed by atoms with Gasteiger partial charge in [-0.05, 0) is 18.6 Å². The maximum absolute atomic E-state index is 12.1. The molecule has 0 saturated heterocycles. The van der Waals surface area contributed by atoms with Gasteiger partial charge in [-0.25, -0.2) is 0 Å². The highest BCUT2D eigenvalue weighted by Crippen LogP contribution is 2.25. The molecule has 6 nitrogen and oxygen atoms in total. The molecule has 0 aliphatic heterocycles. The molecule has 0 aliphatic rings. The normalized spacial score (nSPS) is 11.8. The number of ether oxygens (including phenoxy) is 2. The molecule has 0 unspecified atom stereocenters. The molecule has 1 heterocycles. The Balaban J connectivity index is 1.92. The van der Waals surface area contributed by atoms with E-state index in [-0.39, 0.29) is 18.6 Å². The second-order valence-electron chi connectivity index (χ2n) is 4.92. The summed E-state index contributed by atoms with van der Waals surface area (Å²) in [4.78, 5) is 12.1. The van der Waals surface area contributed by atoms with Crippen molar-refractivity contribution in [1.82, 2.24) is 15.1 Å². The first-order valence-electron chi connectivity index (χ1n) is 7.17. The van der Waals surface area contributed by atoms with Crippen molar-refractivity contribution in [2.24, 2.45) is 7.05 Å². The highest BCUT2D eigenvalue weighted by molar-refractivity contribution is 5.78. The van der Waals surface area contributed by atoms with Gasteiger partial charge in [-0.3, -0.25) is 9.48 Å². The molecular formula is C16H21N3O3. The van der Waals surface area contributed by atoms with Gasteiger partial charge in [-0.1, -0.05) is 19.1 Å². The Morgan fingerprint density at radius 2 is 2.09 bits per heavy atom. The summed E-state index contributed by atoms with van der Waals surface area (Å²) < 4.78 is 12.4. The molecule has 2 rings (SSSR count). The second-order valence-corrected chi connectivity index (χ2v) is 4.92. The van der Waals surface area contributed by atoms with Crippen LogP contribution in [0.3, 0.4) is 0 Å². The molecule has 0 radical (unpaired) electrons. The minimum absolute atomic E-state index is 0.0584. The SMILES string of the molecule is CC[C@@H](NC(=O)COc1ccccc1OC)c1cnn(C)c1. The van der Waals surface area contributed by atoms with E-state index in [0.29, 0.717) is 11.5 Å². The van der Waals surface area contributed by atoms with E-state index in [9.17, 15) is 4.79 Å². The van der Waals surface area contributed by atoms with Gasteiger partial charge in [-0.2, -0.15) is 5.10 Å². The molecule has 0 fully saturated rings. The van der Waals surface area contributed by atoms with E-state index < -0.39 is 0 Å². The lowest BCUT2D eigenvalue weighted by atomic mass is 10.1. The van der Waals surface area contributed by atoms with E-state index in [1.165, 1.54) is 0 Å². The quantitative estimate of drug-likeness (QED) is 0.850. The number of methoxy groups -OCH3 is 1. The number of aryl methyl sites for hydroxylation is 1. The standard InChI is InChI=1S/C16H21N3O3/c1-4-13(12-9-17-19(2)10-12)18-16(20)11-22-15-8-6-5-7-14(15)21-3/h5-10,13H,4,11H2,1-3H3,(H,18,20)/t13-/m1/s1. The van der Waals surface area contributed by atoms with Crippen molar-refractivity contribution in [2.45, 2.75) is 19.4 Å². The number of nitrogens with one attached hydrogen (secondary N) is 1. The number of carbonyl (C=O) groups is 1. The van der Waals surface area contributed by atoms with Crippen LogP contribution in [0.5, 0.6) is 11.5 Å². The van der Waals surface area contributed by atoms with Crippen molar-refractivity contribution >= 4 is 5.91 Å². The second kappa shape index (κ2) is 7.49. The zero-order valence-corrected chi connectivity index (χ0v) is 13.1. The van der Waals surface area contributed by atoms with Gasteiger partial charge < -0.3 is 14.8 Å². The van der Waals surface area contributed by atoms with E-state index in [1.54, 1.807) is 30.1 Å². The third kappa shape index (κ3) is 4.00. The molecule has 1 amide bonds. The van der Waals surface area contributed by atoms with Crippen molar-refractivity contribution in [1.29, 1.82) is 0 Å². The lowest BCUT2D eigenvalue weighted by molar-refractivity contribution is -0.123. The minimum Gasteiger partial charge on any atom is -0.493 e. The number of hydrogen-bond donors (Lipinski definition) is 1. The lowest BCUT2D eigenvalue weighted by Crippen LogP contribution is -2.32. The van der Waals surface area contributed by atoms with Crippen LogP contribution in [0.25, 0.3) is 0 Å². The molecule has 0 saturated carbocycles. The Morgan fingerprint density at radius 1 is 1.36 bits per heavy atom. The monoisotopic (exact) mass is 303 g/mol. The first kappa shape index (κ1) is 15.9. The maximum Gasteiger partial charge on any atom is 0.258 e. The van der Waals surface area contributed by atoms with Crippen LogP contribution < -0.4 is 14.8 Å². The van der Waals surface area contributed by atoms with Crippen LogP contribution in [-0.2, 0) is 11.8 Å². The molecule has 1 aromatic heterocycles. The molecule has 1 atom stereocenters. The number of hydrogen-bond acceptors (Lipinski definition) is 4. The molecule has 22 heavy (non-hydrogen) atoms. The van der Waals surface area contributed by atoms with Gasteiger partial charge in [0.2, 0.25) is 0 Å². The van der Waals surface area contributed by atoms with Gasteiger partial charge in [-0.15, -0.1) is 0 Å². The molecular weight excluding hydrogens is 282 g/mol. The molecule has 2 aromatic rings. The zero-order valence-electron chi connectivity index (χ0n) is 13.1. The van der Waals surface area contributed by atoms with Gasteiger partial charge in [0, 0.05) is 18.8 Å². The van der Waals surface area contributed by atoms with Gasteiger partial charge in [0.1, 0.15) is 0 Å². The van der Waals surface area contributed by atoms with Crippen LogP contribution in [0.2, 0.25) is 0 Å². The number of benzene rings is 1. The van der Waals surface area contributed by atoms with Crippen LogP contribution in [0.1, 0.15) is 24.9 Å². The topological polar surface area (TPSA) is 65.4 Å². The number of carbonyl (C=O) groups excluding carboxylic acids is 1. The Bertz CT molecular complexity index is 625. The summed E-state index contributed by atoms with van der Waals surface area (Å²) in [5.74, 6) is 0.978. The van der Waals surface area contributed by atoms with E-state index in [2.05, 4.69) is 10.4 Å². The van der Waals surface area contributed by atoms with E-state index in [0.717, 1.165) is 12.0 Å². The van der Waals surface area contributed by atoms with E-state index in [1.807, 2.05) is 32.3 Å². The fraction of sp³-hybridized carbons (Fsp3) is 0.375. The van der Waals surface area contributed by atoms with Crippen molar-refractivity contribution < 1.29 is 14.3 Å². The number of amides is 1. The Morgan fingerprint density at radius 3 is 2.68 bits per heavy atom. The van der Waals surface area contributed by atoms with Gasteiger partial charge >= 0.3 is 0 Å². The van der Waals surface area contributed by atoms with Crippen molar-refractivity contribution in [2.75, 3.05) is 13.7 Å². The van der Waals surface area contributed by atoms with E-state index in [4.69, 9.17) is 9.47 Å². The smallest absolute Gasteiger partial charge is 0.258 e. The Labute approximate surface area is 130 Å². The van der Waals surface area contributed by atoms with Gasteiger partial charge in [0.05, 0.1) is 19.3 Å². The van der Waals surface area contributed by atoms with Crippen LogP contribution in [0.4, 0.5) is 0 Å². The summed E-state index contributed by atoms with van der Waals surface area (Å²) in [6.45, 7) is 1.95. The van der Waals surface area contributed by atoms with E-state index >= 15 is 0 Å². The summed E-state index contributed by atoms with van der Waals surface area (Å²) in [5, 5.41) is 7.07. The molecule has 1 aromatic carbocycles. The lowest BCUT2D eigenvalue weighted by Gasteiger charge is -2.16. The molecule has 118 valence electrons. The highest BCUT2D eigenvalue weighted by Gasteiger charge is 2.15. The molecule has 0 aliphatic carbocycles. The van der Waals surface area contributed by atoms with Crippen LogP contribution in [-0.4, -0.2) is 29.4 Å². The van der Waals surface area contributed by atoms with Crippen LogP contribution in [0, 0.1) is 0 Å². The molecule has 0 bridgehead atoms. The largest absolute Gasteiger partial charge is 0.493 e. The summed E-state index contributed by atoms with van der Waals surface area (Å²) >= 11 is 0. The summed E-state index contributed by atoms with van der Waals surface area (Å²) in [6, 6.07) is 7.17. The summed E-state index contributed by atoms with van der Waals surface area (Å²) in [7, 11) is 3.42. The Hall–Kier alpha value is -2.50. The fourth-order valence-corrected chi connectivity index (χ4v) is 2.16. The predicted octanol–water partition coefficient (Wildman–Crippen LogP) is 2.07. The average Bonchev–Trinajstić information content (AvgIpc) is 2.97. The number of nitrogens with zero attached hydrogens (tertiary/aromatic N) is 2. The maximum atomic E-state index is 12.1. The zero-order chi connectivity index (χ0) is 15.9. The summed E-state index contributed by atoms with van der Waals surface area (Å²) in [5.41, 5.74) is 0.982. The number of rotatable bonds is 7. The third-order valence-corrected chi connectivity index (χ3v) is 3.30. The first-order chi connectivity index (χ1) is 10.6. The number of para-hydroxylation sites is 2. The predicted molar refractivity (Wildman–Crippen MR) is 82.9 cm³/mol. The molecule has 1 N–H and O–H groups in total.